The highest BCUT2D eigenvalue weighted by Gasteiger charge is 2.29. The number of carbonyl (C=O) groups is 5. The van der Waals surface area contributed by atoms with Gasteiger partial charge in [-0.3, -0.25) is 43.6 Å². The summed E-state index contributed by atoms with van der Waals surface area (Å²) < 4.78 is 34.9. The maximum Gasteiger partial charge on any atom is 0.326 e. The van der Waals surface area contributed by atoms with Crippen LogP contribution in [-0.2, 0) is 47.7 Å². The lowest BCUT2D eigenvalue weighted by Crippen LogP contribution is -2.49. The van der Waals surface area contributed by atoms with E-state index in [2.05, 4.69) is 4.90 Å². The molecule has 1 aromatic carbocycles. The predicted molar refractivity (Wildman–Crippen MR) is 244 cm³/mol. The van der Waals surface area contributed by atoms with Crippen LogP contribution in [0.25, 0.3) is 0 Å². The minimum absolute atomic E-state index is 0.0508. The fourth-order valence-corrected chi connectivity index (χ4v) is 6.66. The van der Waals surface area contributed by atoms with Crippen molar-refractivity contribution >= 4 is 35.5 Å². The zero-order valence-corrected chi connectivity index (χ0v) is 41.6. The minimum Gasteiger partial charge on any atom is -0.490 e. The molecule has 0 unspecified atom stereocenters. The van der Waals surface area contributed by atoms with E-state index in [1.807, 2.05) is 102 Å². The highest BCUT2D eigenvalue weighted by atomic mass is 16.6. The van der Waals surface area contributed by atoms with Crippen molar-refractivity contribution in [1.82, 2.24) is 19.6 Å². The van der Waals surface area contributed by atoms with Crippen molar-refractivity contribution in [2.45, 2.75) is 139 Å². The quantitative estimate of drug-likeness (QED) is 0.169. The van der Waals surface area contributed by atoms with Gasteiger partial charge in [-0.2, -0.15) is 0 Å². The second-order valence-electron chi connectivity index (χ2n) is 21.2. The smallest absolute Gasteiger partial charge is 0.326 e. The largest absolute Gasteiger partial charge is 0.490 e. The summed E-state index contributed by atoms with van der Waals surface area (Å²) in [5, 5.41) is 0. The minimum atomic E-state index is -0.730. The Morgan fingerprint density at radius 1 is 0.476 bits per heavy atom. The third kappa shape index (κ3) is 25.2. The van der Waals surface area contributed by atoms with E-state index in [-0.39, 0.29) is 57.2 Å². The number of esters is 5. The molecule has 0 aromatic heterocycles. The third-order valence-corrected chi connectivity index (χ3v) is 8.91. The van der Waals surface area contributed by atoms with Gasteiger partial charge in [0, 0.05) is 58.9 Å². The molecule has 2 rings (SSSR count). The van der Waals surface area contributed by atoms with Gasteiger partial charge in [0.1, 0.15) is 53.5 Å². The summed E-state index contributed by atoms with van der Waals surface area (Å²) >= 11 is 0. The van der Waals surface area contributed by atoms with Crippen LogP contribution in [0.5, 0.6) is 5.75 Å². The van der Waals surface area contributed by atoms with Gasteiger partial charge in [-0.1, -0.05) is 12.1 Å². The first-order chi connectivity index (χ1) is 28.8. The van der Waals surface area contributed by atoms with Gasteiger partial charge in [-0.05, 0) is 122 Å². The second-order valence-corrected chi connectivity index (χ2v) is 21.2. The predicted octanol–water partition coefficient (Wildman–Crippen LogP) is 5.11. The van der Waals surface area contributed by atoms with Crippen LogP contribution in [0.1, 0.15) is 109 Å². The lowest BCUT2D eigenvalue weighted by molar-refractivity contribution is -0.158. The van der Waals surface area contributed by atoms with Crippen LogP contribution in [0, 0.1) is 6.92 Å². The molecule has 16 nitrogen and oxygen atoms in total. The molecule has 0 amide bonds. The fourth-order valence-electron chi connectivity index (χ4n) is 6.66. The van der Waals surface area contributed by atoms with Gasteiger partial charge in [-0.15, -0.1) is 0 Å². The number of benzene rings is 1. The number of hydrogen-bond acceptors (Lipinski definition) is 16. The number of ether oxygens (including phenoxy) is 6. The number of para-hydroxylation sites is 1. The molecule has 0 aliphatic carbocycles. The molecule has 16 heteroatoms. The van der Waals surface area contributed by atoms with Crippen molar-refractivity contribution in [3.63, 3.8) is 0 Å². The topological polar surface area (TPSA) is 157 Å². The van der Waals surface area contributed by atoms with E-state index in [0.29, 0.717) is 70.3 Å². The molecule has 360 valence electrons. The first-order valence-corrected chi connectivity index (χ1v) is 22.2. The van der Waals surface area contributed by atoms with Crippen LogP contribution in [-0.4, -0.2) is 176 Å². The average Bonchev–Trinajstić information content (AvgIpc) is 3.04. The maximum atomic E-state index is 13.2. The molecule has 0 atom stereocenters. The van der Waals surface area contributed by atoms with E-state index in [0.717, 1.165) is 5.56 Å². The van der Waals surface area contributed by atoms with Crippen LogP contribution in [0.15, 0.2) is 18.2 Å². The summed E-state index contributed by atoms with van der Waals surface area (Å²) in [6.45, 7) is 33.6. The zero-order chi connectivity index (χ0) is 48.0. The van der Waals surface area contributed by atoms with Crippen LogP contribution in [0.3, 0.4) is 0 Å². The van der Waals surface area contributed by atoms with Gasteiger partial charge >= 0.3 is 29.8 Å². The summed E-state index contributed by atoms with van der Waals surface area (Å²) in [6, 6.07) is 5.56. The molecule has 63 heavy (non-hydrogen) atoms. The first-order valence-electron chi connectivity index (χ1n) is 22.2. The highest BCUT2D eigenvalue weighted by Crippen LogP contribution is 2.32. The number of hydrogen-bond donors (Lipinski definition) is 0. The summed E-state index contributed by atoms with van der Waals surface area (Å²) in [5.41, 5.74) is -2.05. The molecule has 1 aliphatic heterocycles. The van der Waals surface area contributed by atoms with Crippen molar-refractivity contribution < 1.29 is 52.4 Å². The Bertz CT molecular complexity index is 1570. The SMILES string of the molecule is Cc1cccc(OCCN2CCN(CC(=O)OC(C)(C)C)CCN(CC(=O)OC(C)(C)C)CCN(CC(=O)OC(C)(C)C)CC2)c1N(CC(=O)OC(C)(C)C)CC(=O)OC(C)(C)C. The molecular formula is C47H81N5O11. The molecule has 1 aliphatic rings. The second kappa shape index (κ2) is 23.8. The Hall–Kier alpha value is -3.99. The van der Waals surface area contributed by atoms with Crippen molar-refractivity contribution in [3.8, 4) is 5.75 Å². The highest BCUT2D eigenvalue weighted by molar-refractivity contribution is 5.84. The van der Waals surface area contributed by atoms with Crippen LogP contribution < -0.4 is 9.64 Å². The Labute approximate surface area is 378 Å². The maximum absolute atomic E-state index is 13.2. The monoisotopic (exact) mass is 892 g/mol. The third-order valence-electron chi connectivity index (χ3n) is 8.91. The summed E-state index contributed by atoms with van der Waals surface area (Å²) in [4.78, 5) is 75.7. The van der Waals surface area contributed by atoms with E-state index in [1.54, 1.807) is 46.4 Å². The first kappa shape index (κ1) is 55.1. The number of carbonyl (C=O) groups excluding carboxylic acids is 5. The van der Waals surface area contributed by atoms with Crippen molar-refractivity contribution in [3.05, 3.63) is 23.8 Å². The summed E-state index contributed by atoms with van der Waals surface area (Å²) in [5.74, 6) is -1.56. The van der Waals surface area contributed by atoms with Gasteiger partial charge in [0.05, 0.1) is 25.3 Å². The Balaban J connectivity index is 2.45. The number of rotatable bonds is 15. The molecule has 0 radical (unpaired) electrons. The molecule has 0 bridgehead atoms. The molecular weight excluding hydrogens is 811 g/mol. The Morgan fingerprint density at radius 2 is 0.778 bits per heavy atom. The van der Waals surface area contributed by atoms with E-state index >= 15 is 0 Å². The van der Waals surface area contributed by atoms with E-state index in [4.69, 9.17) is 28.4 Å². The number of nitrogens with zero attached hydrogens (tertiary/aromatic N) is 5. The molecule has 1 heterocycles. The van der Waals surface area contributed by atoms with Gasteiger partial charge in [0.25, 0.3) is 0 Å². The van der Waals surface area contributed by atoms with E-state index in [9.17, 15) is 24.0 Å². The lowest BCUT2D eigenvalue weighted by atomic mass is 10.1. The molecule has 1 aromatic rings. The molecule has 0 spiro atoms. The normalized spacial score (nSPS) is 16.3. The molecule has 1 fully saturated rings. The van der Waals surface area contributed by atoms with Crippen LogP contribution in [0.4, 0.5) is 5.69 Å². The van der Waals surface area contributed by atoms with Crippen molar-refractivity contribution in [2.24, 2.45) is 0 Å². The Morgan fingerprint density at radius 3 is 1.10 bits per heavy atom. The summed E-state index contributed by atoms with van der Waals surface area (Å²) in [7, 11) is 0. The number of aryl methyl sites for hydroxylation is 1. The lowest BCUT2D eigenvalue weighted by Gasteiger charge is -2.34. The number of anilines is 1. The standard InChI is InChI=1S/C47H81N5O11/c1-35-18-17-19-36(42(35)52(33-40(56)62-46(11,12)13)34-41(57)63-47(14,15)16)58-29-28-48-20-22-49(30-37(53)59-43(2,3)4)24-26-51(32-39(55)61-45(8,9)10)27-25-50(23-21-48)31-38(54)60-44(5,6)7/h17-19H,20-34H2,1-16H3. The average molecular weight is 892 g/mol. The van der Waals surface area contributed by atoms with Gasteiger partial charge in [0.15, 0.2) is 0 Å². The van der Waals surface area contributed by atoms with Crippen molar-refractivity contribution in [2.75, 3.05) is 103 Å². The van der Waals surface area contributed by atoms with Gasteiger partial charge in [0.2, 0.25) is 0 Å². The van der Waals surface area contributed by atoms with Crippen LogP contribution >= 0.6 is 0 Å². The van der Waals surface area contributed by atoms with E-state index in [1.165, 1.54) is 0 Å². The van der Waals surface area contributed by atoms with E-state index < -0.39 is 39.9 Å². The summed E-state index contributed by atoms with van der Waals surface area (Å²) in [6.07, 6.45) is 0. The molecule has 0 saturated carbocycles. The van der Waals surface area contributed by atoms with Gasteiger partial charge in [-0.25, -0.2) is 0 Å². The Kier molecular flexibility index (Phi) is 20.8. The molecule has 1 saturated heterocycles. The van der Waals surface area contributed by atoms with Crippen LogP contribution in [0.2, 0.25) is 0 Å². The molecule has 0 N–H and O–H groups in total. The zero-order valence-electron chi connectivity index (χ0n) is 41.6. The van der Waals surface area contributed by atoms with Crippen molar-refractivity contribution in [1.29, 1.82) is 0 Å². The van der Waals surface area contributed by atoms with Gasteiger partial charge < -0.3 is 33.3 Å². The fraction of sp³-hybridized carbons (Fsp3) is 0.766.